The van der Waals surface area contributed by atoms with E-state index in [1.807, 2.05) is 6.07 Å². The lowest BCUT2D eigenvalue weighted by Gasteiger charge is -2.13. The molecule has 0 amide bonds. The van der Waals surface area contributed by atoms with Crippen molar-refractivity contribution in [1.82, 2.24) is 20.2 Å². The predicted molar refractivity (Wildman–Crippen MR) is 99.0 cm³/mol. The zero-order valence-corrected chi connectivity index (χ0v) is 16.3. The number of rotatable bonds is 7. The molecule has 1 saturated carbocycles. The maximum absolute atomic E-state index is 12.3. The summed E-state index contributed by atoms with van der Waals surface area (Å²) in [4.78, 5) is 12.3. The van der Waals surface area contributed by atoms with Crippen LogP contribution in [0.3, 0.4) is 0 Å². The molecule has 0 N–H and O–H groups in total. The first-order chi connectivity index (χ1) is 13.1. The van der Waals surface area contributed by atoms with Gasteiger partial charge in [0.2, 0.25) is 5.16 Å². The Morgan fingerprint density at radius 2 is 2.22 bits per heavy atom. The third-order valence-electron chi connectivity index (χ3n) is 4.11. The molecule has 1 aliphatic carbocycles. The average molecular weight is 408 g/mol. The lowest BCUT2D eigenvalue weighted by molar-refractivity contribution is -0.131. The van der Waals surface area contributed by atoms with Crippen LogP contribution in [0, 0.1) is 11.3 Å². The van der Waals surface area contributed by atoms with Gasteiger partial charge >= 0.3 is 5.97 Å². The van der Waals surface area contributed by atoms with Crippen LogP contribution in [-0.4, -0.2) is 38.5 Å². The molecule has 1 aliphatic rings. The molecule has 8 nitrogen and oxygen atoms in total. The van der Waals surface area contributed by atoms with Gasteiger partial charge in [0, 0.05) is 6.07 Å². The average Bonchev–Trinajstić information content (AvgIpc) is 3.33. The summed E-state index contributed by atoms with van der Waals surface area (Å²) >= 11 is 7.37. The number of esters is 1. The van der Waals surface area contributed by atoms with E-state index in [1.54, 1.807) is 11.6 Å². The van der Waals surface area contributed by atoms with E-state index in [2.05, 4.69) is 15.5 Å². The number of hydrogen-bond donors (Lipinski definition) is 0. The highest BCUT2D eigenvalue weighted by Gasteiger charge is 2.23. The van der Waals surface area contributed by atoms with Crippen LogP contribution in [0.15, 0.2) is 17.3 Å². The minimum atomic E-state index is -0.506. The van der Waals surface area contributed by atoms with Crippen molar-refractivity contribution in [3.8, 4) is 17.6 Å². The third kappa shape index (κ3) is 4.70. The molecule has 0 radical (unpaired) electrons. The maximum Gasteiger partial charge on any atom is 0.321 e. The van der Waals surface area contributed by atoms with Gasteiger partial charge in [-0.3, -0.25) is 4.79 Å². The highest BCUT2D eigenvalue weighted by Crippen LogP contribution is 2.37. The van der Waals surface area contributed by atoms with Crippen molar-refractivity contribution in [3.63, 3.8) is 0 Å². The minimum absolute atomic E-state index is 0.0228. The molecule has 2 aromatic rings. The Morgan fingerprint density at radius 3 is 2.93 bits per heavy atom. The molecule has 0 atom stereocenters. The van der Waals surface area contributed by atoms with Crippen molar-refractivity contribution in [3.05, 3.63) is 22.7 Å². The fraction of sp³-hybridized carbons (Fsp3) is 0.471. The van der Waals surface area contributed by atoms with Crippen LogP contribution in [0.25, 0.3) is 0 Å². The molecule has 0 spiro atoms. The summed E-state index contributed by atoms with van der Waals surface area (Å²) in [5.41, 5.74) is 0.327. The van der Waals surface area contributed by atoms with Crippen LogP contribution in [0.4, 0.5) is 0 Å². The van der Waals surface area contributed by atoms with Gasteiger partial charge in [-0.15, -0.1) is 5.10 Å². The number of tetrazole rings is 1. The van der Waals surface area contributed by atoms with Crippen LogP contribution in [0.2, 0.25) is 5.02 Å². The van der Waals surface area contributed by atoms with Crippen molar-refractivity contribution >= 4 is 29.3 Å². The van der Waals surface area contributed by atoms with E-state index in [-0.39, 0.29) is 28.3 Å². The van der Waals surface area contributed by atoms with Crippen LogP contribution >= 0.6 is 23.4 Å². The van der Waals surface area contributed by atoms with Gasteiger partial charge in [-0.2, -0.15) is 5.26 Å². The molecule has 0 bridgehead atoms. The highest BCUT2D eigenvalue weighted by atomic mass is 35.5. The first kappa shape index (κ1) is 19.5. The number of ether oxygens (including phenoxy) is 2. The Labute approximate surface area is 165 Å². The topological polar surface area (TPSA) is 103 Å². The van der Waals surface area contributed by atoms with Gasteiger partial charge in [0.25, 0.3) is 0 Å². The van der Waals surface area contributed by atoms with Gasteiger partial charge in [0.1, 0.15) is 0 Å². The lowest BCUT2D eigenvalue weighted by atomic mass is 10.2. The first-order valence-corrected chi connectivity index (χ1v) is 9.96. The molecule has 0 aliphatic heterocycles. The Kier molecular flexibility index (Phi) is 6.53. The molecule has 3 rings (SSSR count). The van der Waals surface area contributed by atoms with Crippen molar-refractivity contribution < 1.29 is 14.3 Å². The normalized spacial score (nSPS) is 14.1. The molecule has 27 heavy (non-hydrogen) atoms. The fourth-order valence-electron chi connectivity index (χ4n) is 2.92. The van der Waals surface area contributed by atoms with E-state index < -0.39 is 5.97 Å². The van der Waals surface area contributed by atoms with Crippen molar-refractivity contribution in [1.29, 1.82) is 5.26 Å². The maximum atomic E-state index is 12.3. The summed E-state index contributed by atoms with van der Waals surface area (Å²) in [6.07, 6.45) is 4.41. The molecule has 1 heterocycles. The molecule has 10 heteroatoms. The molecule has 1 aromatic carbocycles. The summed E-state index contributed by atoms with van der Waals surface area (Å²) < 4.78 is 12.6. The number of thioether (sulfide) groups is 1. The number of aromatic nitrogens is 4. The SMILES string of the molecule is CCOc1cc(C#N)cc(Cl)c1OC(=O)CSc1nnnn1C1CCCC1. The van der Waals surface area contributed by atoms with Gasteiger partial charge < -0.3 is 9.47 Å². The van der Waals surface area contributed by atoms with E-state index in [4.69, 9.17) is 26.3 Å². The Balaban J connectivity index is 1.67. The molecule has 0 saturated heterocycles. The summed E-state index contributed by atoms with van der Waals surface area (Å²) in [7, 11) is 0. The zero-order valence-electron chi connectivity index (χ0n) is 14.7. The quantitative estimate of drug-likeness (QED) is 0.390. The zero-order chi connectivity index (χ0) is 19.2. The van der Waals surface area contributed by atoms with Crippen molar-refractivity contribution in [2.24, 2.45) is 0 Å². The van der Waals surface area contributed by atoms with Gasteiger partial charge in [-0.1, -0.05) is 36.2 Å². The largest absolute Gasteiger partial charge is 0.490 e. The van der Waals surface area contributed by atoms with Gasteiger partial charge in [0.15, 0.2) is 11.5 Å². The number of nitriles is 1. The number of hydrogen-bond acceptors (Lipinski definition) is 8. The molecular weight excluding hydrogens is 390 g/mol. The number of nitrogens with zero attached hydrogens (tertiary/aromatic N) is 5. The number of carbonyl (C=O) groups excluding carboxylic acids is 1. The lowest BCUT2D eigenvalue weighted by Crippen LogP contribution is -2.14. The van der Waals surface area contributed by atoms with Crippen molar-refractivity contribution in [2.75, 3.05) is 12.4 Å². The fourth-order valence-corrected chi connectivity index (χ4v) is 3.89. The summed E-state index contributed by atoms with van der Waals surface area (Å²) in [5.74, 6) is -0.114. The molecule has 1 fully saturated rings. The second-order valence-corrected chi connectivity index (χ2v) is 7.29. The van der Waals surface area contributed by atoms with E-state index >= 15 is 0 Å². The molecular formula is C17H18ClN5O3S. The van der Waals surface area contributed by atoms with Gasteiger partial charge in [-0.25, -0.2) is 4.68 Å². The summed E-state index contributed by atoms with van der Waals surface area (Å²) in [6.45, 7) is 2.14. The number of carbonyl (C=O) groups is 1. The Hall–Kier alpha value is -2.31. The third-order valence-corrected chi connectivity index (χ3v) is 5.29. The monoisotopic (exact) mass is 407 g/mol. The Bertz CT molecular complexity index is 861. The molecule has 0 unspecified atom stereocenters. The van der Waals surface area contributed by atoms with E-state index in [0.29, 0.717) is 17.3 Å². The van der Waals surface area contributed by atoms with Crippen molar-refractivity contribution in [2.45, 2.75) is 43.8 Å². The first-order valence-electron chi connectivity index (χ1n) is 8.60. The number of benzene rings is 1. The smallest absolute Gasteiger partial charge is 0.321 e. The summed E-state index contributed by atoms with van der Waals surface area (Å²) in [6, 6.07) is 5.20. The van der Waals surface area contributed by atoms with Crippen LogP contribution < -0.4 is 9.47 Å². The van der Waals surface area contributed by atoms with E-state index in [1.165, 1.54) is 23.9 Å². The van der Waals surface area contributed by atoms with Gasteiger partial charge in [-0.05, 0) is 36.3 Å². The predicted octanol–water partition coefficient (Wildman–Crippen LogP) is 3.41. The van der Waals surface area contributed by atoms with E-state index in [0.717, 1.165) is 25.7 Å². The van der Waals surface area contributed by atoms with Crippen LogP contribution in [0.1, 0.15) is 44.2 Å². The summed E-state index contributed by atoms with van der Waals surface area (Å²) in [5, 5.41) is 21.5. The number of halogens is 1. The molecule has 1 aromatic heterocycles. The standard InChI is InChI=1S/C17H18ClN5O3S/c1-2-25-14-8-11(9-19)7-13(18)16(14)26-15(24)10-27-17-20-21-22-23(17)12-5-3-4-6-12/h7-8,12H,2-6,10H2,1H3. The van der Waals surface area contributed by atoms with Gasteiger partial charge in [0.05, 0.1) is 35.1 Å². The van der Waals surface area contributed by atoms with Crippen LogP contribution in [0.5, 0.6) is 11.5 Å². The second kappa shape index (κ2) is 9.06. The van der Waals surface area contributed by atoms with Crippen LogP contribution in [-0.2, 0) is 4.79 Å². The molecule has 142 valence electrons. The second-order valence-electron chi connectivity index (χ2n) is 5.94. The Morgan fingerprint density at radius 1 is 1.44 bits per heavy atom. The minimum Gasteiger partial charge on any atom is -0.490 e. The highest BCUT2D eigenvalue weighted by molar-refractivity contribution is 7.99. The van der Waals surface area contributed by atoms with E-state index in [9.17, 15) is 4.79 Å².